The number of aryl methyl sites for hydroxylation is 1. The molecular formula is C24H29ClN4O. The number of nitrogens with zero attached hydrogens (tertiary/aromatic N) is 4. The van der Waals surface area contributed by atoms with Gasteiger partial charge in [-0.25, -0.2) is 5.01 Å². The summed E-state index contributed by atoms with van der Waals surface area (Å²) in [6, 6.07) is 15.9. The van der Waals surface area contributed by atoms with Crippen molar-refractivity contribution < 1.29 is 4.79 Å². The Kier molecular flexibility index (Phi) is 6.52. The summed E-state index contributed by atoms with van der Waals surface area (Å²) in [7, 11) is 0. The lowest BCUT2D eigenvalue weighted by Gasteiger charge is -2.34. The molecule has 0 aliphatic carbocycles. The molecule has 30 heavy (non-hydrogen) atoms. The number of carbonyl (C=O) groups excluding carboxylic acids is 1. The van der Waals surface area contributed by atoms with Crippen molar-refractivity contribution in [2.24, 2.45) is 5.10 Å². The maximum absolute atomic E-state index is 13.3. The molecule has 0 bridgehead atoms. The standard InChI is InChI=1S/C24H29ClN4O/c1-3-27-12-14-28(15-13-27)17-24(30)29-23(20-6-4-5-7-21(20)25)16-22(26-29)19-10-8-18(2)9-11-19/h4-11,23H,3,12-17H2,1-2H3/t23-/m0/s1. The molecule has 1 amide bonds. The van der Waals surface area contributed by atoms with Crippen molar-refractivity contribution in [2.45, 2.75) is 26.3 Å². The zero-order valence-electron chi connectivity index (χ0n) is 17.7. The van der Waals surface area contributed by atoms with Gasteiger partial charge in [0.05, 0.1) is 18.3 Å². The lowest BCUT2D eigenvalue weighted by Crippen LogP contribution is -2.49. The molecule has 5 nitrogen and oxygen atoms in total. The van der Waals surface area contributed by atoms with Gasteiger partial charge in [0.2, 0.25) is 0 Å². The molecule has 0 spiro atoms. The number of piperazine rings is 1. The molecule has 158 valence electrons. The summed E-state index contributed by atoms with van der Waals surface area (Å²) in [4.78, 5) is 18.0. The van der Waals surface area contributed by atoms with Gasteiger partial charge in [-0.1, -0.05) is 66.6 Å². The summed E-state index contributed by atoms with van der Waals surface area (Å²) >= 11 is 6.51. The highest BCUT2D eigenvalue weighted by atomic mass is 35.5. The van der Waals surface area contributed by atoms with E-state index in [0.717, 1.165) is 49.6 Å². The molecule has 2 aliphatic heterocycles. The first kappa shape index (κ1) is 21.0. The number of amides is 1. The quantitative estimate of drug-likeness (QED) is 0.729. The number of benzene rings is 2. The van der Waals surface area contributed by atoms with Crippen molar-refractivity contribution in [2.75, 3.05) is 39.3 Å². The number of hydrogen-bond donors (Lipinski definition) is 0. The Labute approximate surface area is 183 Å². The fourth-order valence-electron chi connectivity index (χ4n) is 4.18. The molecule has 0 unspecified atom stereocenters. The summed E-state index contributed by atoms with van der Waals surface area (Å²) in [5.41, 5.74) is 4.15. The molecule has 1 atom stereocenters. The average molecular weight is 425 g/mol. The van der Waals surface area contributed by atoms with E-state index in [-0.39, 0.29) is 11.9 Å². The van der Waals surface area contributed by atoms with Gasteiger partial charge in [-0.2, -0.15) is 5.10 Å². The second kappa shape index (κ2) is 9.29. The third-order valence-corrected chi connectivity index (χ3v) is 6.43. The van der Waals surface area contributed by atoms with Gasteiger partial charge in [0.25, 0.3) is 5.91 Å². The van der Waals surface area contributed by atoms with Crippen LogP contribution in [0.4, 0.5) is 0 Å². The molecule has 2 aliphatic rings. The fourth-order valence-corrected chi connectivity index (χ4v) is 4.44. The van der Waals surface area contributed by atoms with Gasteiger partial charge < -0.3 is 4.90 Å². The first-order chi connectivity index (χ1) is 14.5. The van der Waals surface area contributed by atoms with E-state index >= 15 is 0 Å². The molecule has 2 heterocycles. The Hall–Kier alpha value is -2.21. The van der Waals surface area contributed by atoms with E-state index in [9.17, 15) is 4.79 Å². The largest absolute Gasteiger partial charge is 0.301 e. The maximum Gasteiger partial charge on any atom is 0.257 e. The van der Waals surface area contributed by atoms with E-state index in [1.165, 1.54) is 5.56 Å². The van der Waals surface area contributed by atoms with Crippen LogP contribution < -0.4 is 0 Å². The van der Waals surface area contributed by atoms with Crippen molar-refractivity contribution in [1.29, 1.82) is 0 Å². The van der Waals surface area contributed by atoms with Crippen LogP contribution in [0.15, 0.2) is 53.6 Å². The van der Waals surface area contributed by atoms with Gasteiger partial charge in [-0.15, -0.1) is 0 Å². The molecule has 0 N–H and O–H groups in total. The SMILES string of the molecule is CCN1CCN(CC(=O)N2N=C(c3ccc(C)cc3)C[C@H]2c2ccccc2Cl)CC1. The second-order valence-corrected chi connectivity index (χ2v) is 8.51. The van der Waals surface area contributed by atoms with Crippen molar-refractivity contribution >= 4 is 23.2 Å². The molecule has 0 aromatic heterocycles. The monoisotopic (exact) mass is 424 g/mol. The second-order valence-electron chi connectivity index (χ2n) is 8.10. The molecule has 1 saturated heterocycles. The lowest BCUT2D eigenvalue weighted by atomic mass is 9.98. The number of hydrogen-bond acceptors (Lipinski definition) is 4. The summed E-state index contributed by atoms with van der Waals surface area (Å²) in [6.07, 6.45) is 0.669. The van der Waals surface area contributed by atoms with Crippen molar-refractivity contribution in [3.63, 3.8) is 0 Å². The maximum atomic E-state index is 13.3. The van der Waals surface area contributed by atoms with E-state index < -0.39 is 0 Å². The van der Waals surface area contributed by atoms with Gasteiger partial charge in [-0.3, -0.25) is 9.69 Å². The average Bonchev–Trinajstić information content (AvgIpc) is 3.20. The van der Waals surface area contributed by atoms with Crippen LogP contribution in [0, 0.1) is 6.92 Å². The van der Waals surface area contributed by atoms with Crippen LogP contribution >= 0.6 is 11.6 Å². The van der Waals surface area contributed by atoms with Crippen LogP contribution in [0.3, 0.4) is 0 Å². The van der Waals surface area contributed by atoms with E-state index in [1.54, 1.807) is 5.01 Å². The van der Waals surface area contributed by atoms with E-state index in [0.29, 0.717) is 18.0 Å². The van der Waals surface area contributed by atoms with Gasteiger partial charge in [0.1, 0.15) is 0 Å². The topological polar surface area (TPSA) is 39.1 Å². The Morgan fingerprint density at radius 3 is 2.37 bits per heavy atom. The van der Waals surface area contributed by atoms with Gasteiger partial charge in [0, 0.05) is 37.6 Å². The first-order valence-electron chi connectivity index (χ1n) is 10.7. The zero-order chi connectivity index (χ0) is 21.1. The van der Waals surface area contributed by atoms with Crippen LogP contribution in [-0.4, -0.2) is 65.7 Å². The molecule has 4 rings (SSSR count). The van der Waals surface area contributed by atoms with Crippen molar-refractivity contribution in [3.8, 4) is 0 Å². The van der Waals surface area contributed by atoms with Gasteiger partial charge >= 0.3 is 0 Å². The zero-order valence-corrected chi connectivity index (χ0v) is 18.5. The Bertz CT molecular complexity index is 919. The Morgan fingerprint density at radius 2 is 1.70 bits per heavy atom. The highest BCUT2D eigenvalue weighted by Gasteiger charge is 2.35. The number of hydrazone groups is 1. The molecular weight excluding hydrogens is 396 g/mol. The molecule has 0 saturated carbocycles. The van der Waals surface area contributed by atoms with Crippen LogP contribution in [0.25, 0.3) is 0 Å². The fraction of sp³-hybridized carbons (Fsp3) is 0.417. The van der Waals surface area contributed by atoms with E-state index in [1.807, 2.05) is 24.3 Å². The van der Waals surface area contributed by atoms with Crippen LogP contribution in [0.5, 0.6) is 0 Å². The number of halogens is 1. The highest BCUT2D eigenvalue weighted by Crippen LogP contribution is 2.36. The third kappa shape index (κ3) is 4.59. The molecule has 6 heteroatoms. The predicted molar refractivity (Wildman–Crippen MR) is 122 cm³/mol. The minimum Gasteiger partial charge on any atom is -0.301 e. The minimum absolute atomic E-state index is 0.0342. The summed E-state index contributed by atoms with van der Waals surface area (Å²) in [6.45, 7) is 9.56. The Balaban J connectivity index is 1.56. The first-order valence-corrected chi connectivity index (χ1v) is 11.1. The third-order valence-electron chi connectivity index (χ3n) is 6.09. The predicted octanol–water partition coefficient (Wildman–Crippen LogP) is 3.96. The number of likely N-dealkylation sites (N-methyl/N-ethyl adjacent to an activating group) is 1. The minimum atomic E-state index is -0.167. The smallest absolute Gasteiger partial charge is 0.257 e. The molecule has 0 radical (unpaired) electrons. The number of carbonyl (C=O) groups is 1. The van der Waals surface area contributed by atoms with E-state index in [2.05, 4.69) is 47.9 Å². The molecule has 2 aromatic carbocycles. The summed E-state index contributed by atoms with van der Waals surface area (Å²) in [5, 5.41) is 7.14. The highest BCUT2D eigenvalue weighted by molar-refractivity contribution is 6.31. The summed E-state index contributed by atoms with van der Waals surface area (Å²) in [5.74, 6) is 0.0342. The molecule has 1 fully saturated rings. The molecule has 2 aromatic rings. The van der Waals surface area contributed by atoms with Crippen LogP contribution in [0.2, 0.25) is 5.02 Å². The normalized spacial score (nSPS) is 20.4. The van der Waals surface area contributed by atoms with E-state index in [4.69, 9.17) is 16.7 Å². The summed E-state index contributed by atoms with van der Waals surface area (Å²) < 4.78 is 0. The Morgan fingerprint density at radius 1 is 1.03 bits per heavy atom. The van der Waals surface area contributed by atoms with Gasteiger partial charge in [0.15, 0.2) is 0 Å². The van der Waals surface area contributed by atoms with Crippen LogP contribution in [-0.2, 0) is 4.79 Å². The van der Waals surface area contributed by atoms with Crippen LogP contribution in [0.1, 0.15) is 36.1 Å². The van der Waals surface area contributed by atoms with Gasteiger partial charge in [-0.05, 0) is 30.7 Å². The van der Waals surface area contributed by atoms with Crippen molar-refractivity contribution in [3.05, 3.63) is 70.2 Å². The lowest BCUT2D eigenvalue weighted by molar-refractivity contribution is -0.134. The number of rotatable bonds is 5. The van der Waals surface area contributed by atoms with Crippen molar-refractivity contribution in [1.82, 2.24) is 14.8 Å².